The fraction of sp³-hybridized carbons (Fsp3) is 0.350. The van der Waals surface area contributed by atoms with E-state index in [-0.39, 0.29) is 12.0 Å². The van der Waals surface area contributed by atoms with Gasteiger partial charge in [-0.15, -0.1) is 0 Å². The number of carbonyl (C=O) groups excluding carboxylic acids is 1. The average Bonchev–Trinajstić information content (AvgIpc) is 2.74. The summed E-state index contributed by atoms with van der Waals surface area (Å²) in [6.07, 6.45) is 1.10. The number of amides is 1. The van der Waals surface area contributed by atoms with Gasteiger partial charge in [0.25, 0.3) is 0 Å². The molecule has 1 aliphatic rings. The number of nitrogens with zero attached hydrogens (tertiary/aromatic N) is 1. The third kappa shape index (κ3) is 4.74. The van der Waals surface area contributed by atoms with Crippen molar-refractivity contribution in [1.82, 2.24) is 4.90 Å². The van der Waals surface area contributed by atoms with Gasteiger partial charge >= 0.3 is 0 Å². The molecule has 1 unspecified atom stereocenters. The summed E-state index contributed by atoms with van der Waals surface area (Å²) in [6.45, 7) is 6.19. The second-order valence-corrected chi connectivity index (χ2v) is 6.88. The number of hydrogen-bond acceptors (Lipinski definition) is 3. The van der Waals surface area contributed by atoms with Crippen molar-refractivity contribution in [3.8, 4) is 5.75 Å². The van der Waals surface area contributed by atoms with Crippen molar-refractivity contribution >= 4 is 23.2 Å². The minimum absolute atomic E-state index is 0.0570. The molecule has 4 nitrogen and oxygen atoms in total. The SMILES string of the molecule is CCC1CN(Cc2ccc(NC(C)=O)cc2)Cc2ccc(Cl)cc2O1. The zero-order valence-electron chi connectivity index (χ0n) is 14.6. The molecule has 0 fully saturated rings. The lowest BCUT2D eigenvalue weighted by Gasteiger charge is -2.23. The first-order chi connectivity index (χ1) is 12.0. The van der Waals surface area contributed by atoms with Gasteiger partial charge in [0.05, 0.1) is 0 Å². The monoisotopic (exact) mass is 358 g/mol. The third-order valence-corrected chi connectivity index (χ3v) is 4.55. The van der Waals surface area contributed by atoms with Crippen LogP contribution in [0.2, 0.25) is 5.02 Å². The molecule has 1 atom stereocenters. The molecule has 1 amide bonds. The average molecular weight is 359 g/mol. The molecule has 1 N–H and O–H groups in total. The van der Waals surface area contributed by atoms with Gasteiger partial charge in [-0.2, -0.15) is 0 Å². The summed E-state index contributed by atoms with van der Waals surface area (Å²) in [7, 11) is 0. The summed E-state index contributed by atoms with van der Waals surface area (Å²) in [6, 6.07) is 13.9. The second kappa shape index (κ2) is 7.89. The minimum atomic E-state index is -0.0570. The third-order valence-electron chi connectivity index (χ3n) is 4.31. The van der Waals surface area contributed by atoms with Crippen LogP contribution in [0.3, 0.4) is 0 Å². The topological polar surface area (TPSA) is 41.6 Å². The van der Waals surface area contributed by atoms with E-state index >= 15 is 0 Å². The highest BCUT2D eigenvalue weighted by molar-refractivity contribution is 6.30. The van der Waals surface area contributed by atoms with Crippen molar-refractivity contribution in [3.05, 3.63) is 58.6 Å². The van der Waals surface area contributed by atoms with Crippen LogP contribution in [0.15, 0.2) is 42.5 Å². The van der Waals surface area contributed by atoms with Crippen LogP contribution in [-0.4, -0.2) is 23.5 Å². The Morgan fingerprint density at radius 1 is 1.28 bits per heavy atom. The van der Waals surface area contributed by atoms with Gasteiger partial charge in [0.15, 0.2) is 0 Å². The highest BCUT2D eigenvalue weighted by Gasteiger charge is 2.22. The molecule has 1 aliphatic heterocycles. The van der Waals surface area contributed by atoms with Crippen molar-refractivity contribution in [1.29, 1.82) is 0 Å². The number of anilines is 1. The number of nitrogens with one attached hydrogen (secondary N) is 1. The van der Waals surface area contributed by atoms with Crippen LogP contribution in [0.25, 0.3) is 0 Å². The molecule has 0 radical (unpaired) electrons. The molecule has 5 heteroatoms. The molecule has 0 spiro atoms. The summed E-state index contributed by atoms with van der Waals surface area (Å²) in [4.78, 5) is 13.5. The summed E-state index contributed by atoms with van der Waals surface area (Å²) in [5.41, 5.74) is 3.19. The van der Waals surface area contributed by atoms with E-state index in [4.69, 9.17) is 16.3 Å². The van der Waals surface area contributed by atoms with Crippen molar-refractivity contribution in [2.75, 3.05) is 11.9 Å². The van der Waals surface area contributed by atoms with Gasteiger partial charge in [0, 0.05) is 42.8 Å². The van der Waals surface area contributed by atoms with Crippen molar-refractivity contribution < 1.29 is 9.53 Å². The fourth-order valence-electron chi connectivity index (χ4n) is 3.07. The van der Waals surface area contributed by atoms with Gasteiger partial charge in [-0.3, -0.25) is 9.69 Å². The van der Waals surface area contributed by atoms with Gasteiger partial charge in [-0.25, -0.2) is 0 Å². The van der Waals surface area contributed by atoms with E-state index in [1.165, 1.54) is 12.5 Å². The van der Waals surface area contributed by atoms with Crippen molar-refractivity contribution in [2.45, 2.75) is 39.5 Å². The maximum absolute atomic E-state index is 11.1. The molecule has 0 aliphatic carbocycles. The van der Waals surface area contributed by atoms with Gasteiger partial charge in [0.1, 0.15) is 11.9 Å². The molecule has 1 heterocycles. The normalized spacial score (nSPS) is 17.3. The fourth-order valence-corrected chi connectivity index (χ4v) is 3.23. The number of hydrogen-bond donors (Lipinski definition) is 1. The predicted octanol–water partition coefficient (Wildman–Crippen LogP) is 4.47. The van der Waals surface area contributed by atoms with E-state index in [2.05, 4.69) is 29.3 Å². The minimum Gasteiger partial charge on any atom is -0.489 e. The molecule has 0 aromatic heterocycles. The Morgan fingerprint density at radius 3 is 2.72 bits per heavy atom. The number of fused-ring (bicyclic) bond motifs is 1. The van der Waals surface area contributed by atoms with Crippen LogP contribution >= 0.6 is 11.6 Å². The van der Waals surface area contributed by atoms with Crippen LogP contribution in [0.1, 0.15) is 31.4 Å². The smallest absolute Gasteiger partial charge is 0.221 e. The lowest BCUT2D eigenvalue weighted by molar-refractivity contribution is -0.114. The first kappa shape index (κ1) is 17.8. The number of halogens is 1. The standard InChI is InChI=1S/C20H23ClN2O2/c1-3-19-13-23(12-16-6-7-17(21)10-20(16)25-19)11-15-4-8-18(9-5-15)22-14(2)24/h4-10,19H,3,11-13H2,1-2H3,(H,22,24). The summed E-state index contributed by atoms with van der Waals surface area (Å²) in [5.74, 6) is 0.835. The van der Waals surface area contributed by atoms with E-state index in [9.17, 15) is 4.79 Å². The number of carbonyl (C=O) groups is 1. The lowest BCUT2D eigenvalue weighted by Crippen LogP contribution is -2.32. The van der Waals surface area contributed by atoms with Crippen molar-refractivity contribution in [2.24, 2.45) is 0 Å². The van der Waals surface area contributed by atoms with Crippen LogP contribution in [-0.2, 0) is 17.9 Å². The van der Waals surface area contributed by atoms with Crippen LogP contribution in [0.5, 0.6) is 5.75 Å². The molecule has 2 aromatic rings. The molecular weight excluding hydrogens is 336 g/mol. The van der Waals surface area contributed by atoms with E-state index in [0.717, 1.165) is 43.1 Å². The second-order valence-electron chi connectivity index (χ2n) is 6.45. The Bertz CT molecular complexity index is 746. The highest BCUT2D eigenvalue weighted by Crippen LogP contribution is 2.29. The Balaban J connectivity index is 1.75. The van der Waals surface area contributed by atoms with Gasteiger partial charge in [-0.05, 0) is 36.2 Å². The van der Waals surface area contributed by atoms with E-state index < -0.39 is 0 Å². The van der Waals surface area contributed by atoms with E-state index in [1.807, 2.05) is 30.3 Å². The molecule has 0 saturated carbocycles. The Morgan fingerprint density at radius 2 is 2.04 bits per heavy atom. The molecule has 132 valence electrons. The van der Waals surface area contributed by atoms with Crippen LogP contribution in [0, 0.1) is 0 Å². The van der Waals surface area contributed by atoms with Gasteiger partial charge < -0.3 is 10.1 Å². The van der Waals surface area contributed by atoms with Crippen molar-refractivity contribution in [3.63, 3.8) is 0 Å². The van der Waals surface area contributed by atoms with Gasteiger partial charge in [-0.1, -0.05) is 36.7 Å². The van der Waals surface area contributed by atoms with E-state index in [0.29, 0.717) is 5.02 Å². The Kier molecular flexibility index (Phi) is 5.61. The molecule has 0 bridgehead atoms. The number of benzene rings is 2. The molecule has 0 saturated heterocycles. The molecule has 3 rings (SSSR count). The first-order valence-electron chi connectivity index (χ1n) is 8.57. The number of rotatable bonds is 4. The Hall–Kier alpha value is -2.04. The maximum Gasteiger partial charge on any atom is 0.221 e. The van der Waals surface area contributed by atoms with Gasteiger partial charge in [0.2, 0.25) is 5.91 Å². The lowest BCUT2D eigenvalue weighted by atomic mass is 10.1. The van der Waals surface area contributed by atoms with Crippen LogP contribution < -0.4 is 10.1 Å². The first-order valence-corrected chi connectivity index (χ1v) is 8.95. The summed E-state index contributed by atoms with van der Waals surface area (Å²) >= 11 is 6.11. The van der Waals surface area contributed by atoms with E-state index in [1.54, 1.807) is 0 Å². The summed E-state index contributed by atoms with van der Waals surface area (Å²) in [5, 5.41) is 3.50. The molecule has 2 aromatic carbocycles. The zero-order chi connectivity index (χ0) is 17.8. The zero-order valence-corrected chi connectivity index (χ0v) is 15.3. The predicted molar refractivity (Wildman–Crippen MR) is 101 cm³/mol. The largest absolute Gasteiger partial charge is 0.489 e. The highest BCUT2D eigenvalue weighted by atomic mass is 35.5. The Labute approximate surface area is 153 Å². The molecule has 25 heavy (non-hydrogen) atoms. The molecular formula is C20H23ClN2O2. The number of ether oxygens (including phenoxy) is 1. The maximum atomic E-state index is 11.1. The quantitative estimate of drug-likeness (QED) is 0.876. The summed E-state index contributed by atoms with van der Waals surface area (Å²) < 4.78 is 6.14. The van der Waals surface area contributed by atoms with Crippen LogP contribution in [0.4, 0.5) is 5.69 Å².